The highest BCUT2D eigenvalue weighted by Crippen LogP contribution is 2.19. The van der Waals surface area contributed by atoms with Gasteiger partial charge in [0.15, 0.2) is 11.5 Å². The van der Waals surface area contributed by atoms with Gasteiger partial charge in [-0.3, -0.25) is 9.59 Å². The quantitative estimate of drug-likeness (QED) is 0.897. The minimum Gasteiger partial charge on any atom is -0.337 e. The second-order valence-electron chi connectivity index (χ2n) is 5.10. The molecule has 1 saturated heterocycles. The summed E-state index contributed by atoms with van der Waals surface area (Å²) in [6.45, 7) is 1.29. The lowest BCUT2D eigenvalue weighted by Gasteiger charge is -2.13. The Balaban J connectivity index is 1.79. The molecule has 7 nitrogen and oxygen atoms in total. The number of halogens is 2. The first kappa shape index (κ1) is 15.4. The lowest BCUT2D eigenvalue weighted by molar-refractivity contribution is 0.0788. The molecule has 120 valence electrons. The molecule has 1 aromatic carbocycles. The Hall–Kier alpha value is -2.48. The molecular weight excluding hydrogens is 325 g/mol. The van der Waals surface area contributed by atoms with Crippen molar-refractivity contribution >= 4 is 29.2 Å². The average molecular weight is 338 g/mol. The highest BCUT2D eigenvalue weighted by molar-refractivity contribution is 6.30. The molecule has 0 atom stereocenters. The van der Waals surface area contributed by atoms with E-state index in [4.69, 9.17) is 11.6 Å². The molecular formula is C14H13ClFN5O2. The van der Waals surface area contributed by atoms with E-state index in [0.717, 1.165) is 18.9 Å². The van der Waals surface area contributed by atoms with Crippen molar-refractivity contribution in [1.82, 2.24) is 20.3 Å². The molecule has 23 heavy (non-hydrogen) atoms. The topological polar surface area (TPSA) is 91.0 Å². The summed E-state index contributed by atoms with van der Waals surface area (Å²) < 4.78 is 13.8. The Morgan fingerprint density at radius 2 is 2.00 bits per heavy atom. The van der Waals surface area contributed by atoms with Crippen LogP contribution in [0, 0.1) is 5.82 Å². The Labute approximate surface area is 135 Å². The van der Waals surface area contributed by atoms with Gasteiger partial charge in [0.1, 0.15) is 5.82 Å². The summed E-state index contributed by atoms with van der Waals surface area (Å²) in [5, 5.41) is 12.4. The third kappa shape index (κ3) is 3.16. The molecule has 1 fully saturated rings. The van der Waals surface area contributed by atoms with Crippen LogP contribution in [0.5, 0.6) is 0 Å². The van der Waals surface area contributed by atoms with Gasteiger partial charge in [0.25, 0.3) is 11.8 Å². The number of carbonyl (C=O) groups is 2. The van der Waals surface area contributed by atoms with Gasteiger partial charge in [0.2, 0.25) is 0 Å². The monoisotopic (exact) mass is 337 g/mol. The molecule has 3 rings (SSSR count). The number of anilines is 1. The highest BCUT2D eigenvalue weighted by Gasteiger charge is 2.26. The first-order valence-electron chi connectivity index (χ1n) is 7.02. The number of aromatic amines is 1. The van der Waals surface area contributed by atoms with Gasteiger partial charge in [0, 0.05) is 18.1 Å². The van der Waals surface area contributed by atoms with Crippen molar-refractivity contribution in [2.75, 3.05) is 18.4 Å². The van der Waals surface area contributed by atoms with E-state index in [0.29, 0.717) is 13.1 Å². The summed E-state index contributed by atoms with van der Waals surface area (Å²) >= 11 is 5.65. The maximum atomic E-state index is 13.8. The van der Waals surface area contributed by atoms with Crippen LogP contribution in [0.4, 0.5) is 10.2 Å². The molecule has 9 heteroatoms. The number of carbonyl (C=O) groups excluding carboxylic acids is 2. The Bertz CT molecular complexity index is 757. The largest absolute Gasteiger partial charge is 0.337 e. The van der Waals surface area contributed by atoms with Crippen molar-refractivity contribution in [3.63, 3.8) is 0 Å². The van der Waals surface area contributed by atoms with E-state index in [1.54, 1.807) is 4.90 Å². The van der Waals surface area contributed by atoms with Crippen molar-refractivity contribution in [1.29, 1.82) is 0 Å². The van der Waals surface area contributed by atoms with Crippen LogP contribution in [-0.4, -0.2) is 45.2 Å². The average Bonchev–Trinajstić information content (AvgIpc) is 3.17. The Morgan fingerprint density at radius 1 is 1.26 bits per heavy atom. The van der Waals surface area contributed by atoms with Crippen molar-refractivity contribution in [2.24, 2.45) is 0 Å². The van der Waals surface area contributed by atoms with Gasteiger partial charge < -0.3 is 10.2 Å². The van der Waals surface area contributed by atoms with Crippen LogP contribution < -0.4 is 5.32 Å². The van der Waals surface area contributed by atoms with E-state index in [-0.39, 0.29) is 28.0 Å². The number of likely N-dealkylation sites (tertiary alicyclic amines) is 1. The maximum Gasteiger partial charge on any atom is 0.278 e. The highest BCUT2D eigenvalue weighted by atomic mass is 35.5. The summed E-state index contributed by atoms with van der Waals surface area (Å²) in [6.07, 6.45) is 1.86. The van der Waals surface area contributed by atoms with Crippen LogP contribution in [-0.2, 0) is 0 Å². The summed E-state index contributed by atoms with van der Waals surface area (Å²) in [4.78, 5) is 26.1. The number of nitrogens with zero attached hydrogens (tertiary/aromatic N) is 3. The zero-order chi connectivity index (χ0) is 16.4. The molecule has 0 radical (unpaired) electrons. The van der Waals surface area contributed by atoms with E-state index in [1.807, 2.05) is 0 Å². The lowest BCUT2D eigenvalue weighted by Crippen LogP contribution is -2.29. The maximum absolute atomic E-state index is 13.8. The number of aromatic nitrogens is 3. The van der Waals surface area contributed by atoms with Crippen molar-refractivity contribution in [2.45, 2.75) is 12.8 Å². The van der Waals surface area contributed by atoms with E-state index < -0.39 is 11.7 Å². The fourth-order valence-corrected chi connectivity index (χ4v) is 2.54. The number of hydrogen-bond acceptors (Lipinski definition) is 4. The zero-order valence-electron chi connectivity index (χ0n) is 12.0. The summed E-state index contributed by atoms with van der Waals surface area (Å²) in [5.41, 5.74) is -0.188. The summed E-state index contributed by atoms with van der Waals surface area (Å²) in [5.74, 6) is -1.83. The molecule has 0 spiro atoms. The molecule has 0 bridgehead atoms. The molecule has 2 amide bonds. The predicted octanol–water partition coefficient (Wildman–Crippen LogP) is 2.09. The standard InChI is InChI=1S/C14H13ClFN5O2/c15-8-3-4-9(10(16)7-8)13(22)17-12-11(18-20-19-12)14(23)21-5-1-2-6-21/h3-4,7H,1-2,5-6H2,(H2,17,18,19,20,22). The van der Waals surface area contributed by atoms with E-state index in [1.165, 1.54) is 12.1 Å². The zero-order valence-corrected chi connectivity index (χ0v) is 12.7. The van der Waals surface area contributed by atoms with E-state index in [9.17, 15) is 14.0 Å². The van der Waals surface area contributed by atoms with E-state index in [2.05, 4.69) is 20.7 Å². The molecule has 1 aliphatic rings. The van der Waals surface area contributed by atoms with Crippen LogP contribution in [0.15, 0.2) is 18.2 Å². The fourth-order valence-electron chi connectivity index (χ4n) is 2.39. The Kier molecular flexibility index (Phi) is 4.24. The number of H-pyrrole nitrogens is 1. The Morgan fingerprint density at radius 3 is 2.70 bits per heavy atom. The SMILES string of the molecule is O=C(Nc1n[nH]nc1C(=O)N1CCCC1)c1ccc(Cl)cc1F. The minimum atomic E-state index is -0.758. The van der Waals surface area contributed by atoms with Crippen LogP contribution in [0.25, 0.3) is 0 Å². The summed E-state index contributed by atoms with van der Waals surface area (Å²) in [6, 6.07) is 3.70. The van der Waals surface area contributed by atoms with Crippen molar-refractivity contribution in [3.05, 3.63) is 40.3 Å². The molecule has 1 aromatic heterocycles. The number of hydrogen-bond donors (Lipinski definition) is 2. The molecule has 0 saturated carbocycles. The van der Waals surface area contributed by atoms with Gasteiger partial charge in [-0.1, -0.05) is 11.6 Å². The number of nitrogens with one attached hydrogen (secondary N) is 2. The molecule has 0 aliphatic carbocycles. The van der Waals surface area contributed by atoms with Gasteiger partial charge in [-0.25, -0.2) is 4.39 Å². The van der Waals surface area contributed by atoms with Gasteiger partial charge in [0.05, 0.1) is 5.56 Å². The van der Waals surface area contributed by atoms with Crippen LogP contribution >= 0.6 is 11.6 Å². The first-order valence-corrected chi connectivity index (χ1v) is 7.40. The van der Waals surface area contributed by atoms with Crippen LogP contribution in [0.3, 0.4) is 0 Å². The van der Waals surface area contributed by atoms with Gasteiger partial charge in [-0.05, 0) is 31.0 Å². The predicted molar refractivity (Wildman–Crippen MR) is 80.9 cm³/mol. The van der Waals surface area contributed by atoms with Gasteiger partial charge in [-0.15, -0.1) is 10.2 Å². The van der Waals surface area contributed by atoms with Gasteiger partial charge in [-0.2, -0.15) is 5.21 Å². The molecule has 2 aromatic rings. The smallest absolute Gasteiger partial charge is 0.278 e. The molecule has 2 N–H and O–H groups in total. The number of benzene rings is 1. The number of amides is 2. The third-order valence-corrected chi connectivity index (χ3v) is 3.79. The minimum absolute atomic E-state index is 0.00891. The van der Waals surface area contributed by atoms with Gasteiger partial charge >= 0.3 is 0 Å². The summed E-state index contributed by atoms with van der Waals surface area (Å²) in [7, 11) is 0. The van der Waals surface area contributed by atoms with E-state index >= 15 is 0 Å². The molecule has 2 heterocycles. The normalized spacial score (nSPS) is 14.1. The first-order chi connectivity index (χ1) is 11.1. The second kappa shape index (κ2) is 6.33. The lowest BCUT2D eigenvalue weighted by atomic mass is 10.2. The molecule has 1 aliphatic heterocycles. The number of rotatable bonds is 3. The second-order valence-corrected chi connectivity index (χ2v) is 5.53. The van der Waals surface area contributed by atoms with Crippen molar-refractivity contribution in [3.8, 4) is 0 Å². The third-order valence-electron chi connectivity index (χ3n) is 3.55. The van der Waals surface area contributed by atoms with Crippen LogP contribution in [0.1, 0.15) is 33.7 Å². The van der Waals surface area contributed by atoms with Crippen molar-refractivity contribution < 1.29 is 14.0 Å². The fraction of sp³-hybridized carbons (Fsp3) is 0.286. The molecule has 0 unspecified atom stereocenters. The van der Waals surface area contributed by atoms with Crippen LogP contribution in [0.2, 0.25) is 5.02 Å².